The van der Waals surface area contributed by atoms with Gasteiger partial charge in [-0.2, -0.15) is 5.10 Å². The van der Waals surface area contributed by atoms with Gasteiger partial charge in [-0.3, -0.25) is 4.68 Å². The predicted molar refractivity (Wildman–Crippen MR) is 66.3 cm³/mol. The summed E-state index contributed by atoms with van der Waals surface area (Å²) in [5.74, 6) is -0.967. The number of rotatable bonds is 4. The molecule has 0 aliphatic heterocycles. The zero-order valence-corrected chi connectivity index (χ0v) is 10.1. The zero-order valence-electron chi connectivity index (χ0n) is 10.1. The van der Waals surface area contributed by atoms with Crippen LogP contribution in [0.2, 0.25) is 0 Å². The molecule has 1 heterocycles. The van der Waals surface area contributed by atoms with Crippen LogP contribution in [0.25, 0.3) is 10.9 Å². The molecular formula is C13H16N2O2. The minimum absolute atomic E-state index is 0.146. The van der Waals surface area contributed by atoms with Gasteiger partial charge in [-0.25, -0.2) is 4.79 Å². The highest BCUT2D eigenvalue weighted by atomic mass is 16.4. The quantitative estimate of drug-likeness (QED) is 0.881. The van der Waals surface area contributed by atoms with Gasteiger partial charge >= 0.3 is 5.97 Å². The molecule has 0 saturated carbocycles. The number of hydrogen-bond donors (Lipinski definition) is 1. The third kappa shape index (κ3) is 1.90. The van der Waals surface area contributed by atoms with Crippen LogP contribution in [0.1, 0.15) is 43.2 Å². The number of hydrogen-bond acceptors (Lipinski definition) is 2. The molecule has 0 saturated heterocycles. The lowest BCUT2D eigenvalue weighted by Gasteiger charge is -2.13. The fraction of sp³-hybridized carbons (Fsp3) is 0.385. The fourth-order valence-corrected chi connectivity index (χ4v) is 2.16. The Morgan fingerprint density at radius 2 is 2.00 bits per heavy atom. The third-order valence-electron chi connectivity index (χ3n) is 3.10. The van der Waals surface area contributed by atoms with Crippen molar-refractivity contribution in [2.24, 2.45) is 0 Å². The molecule has 4 nitrogen and oxygen atoms in total. The van der Waals surface area contributed by atoms with Crippen molar-refractivity contribution in [3.63, 3.8) is 0 Å². The van der Waals surface area contributed by atoms with Crippen molar-refractivity contribution in [1.82, 2.24) is 9.78 Å². The van der Waals surface area contributed by atoms with Crippen LogP contribution in [0.15, 0.2) is 24.3 Å². The summed E-state index contributed by atoms with van der Waals surface area (Å²) in [7, 11) is 0. The third-order valence-corrected chi connectivity index (χ3v) is 3.10. The van der Waals surface area contributed by atoms with Crippen LogP contribution in [0.4, 0.5) is 0 Å². The van der Waals surface area contributed by atoms with Crippen molar-refractivity contribution in [3.05, 3.63) is 30.0 Å². The molecule has 0 spiro atoms. The van der Waals surface area contributed by atoms with Crippen molar-refractivity contribution in [2.75, 3.05) is 0 Å². The van der Waals surface area contributed by atoms with Gasteiger partial charge in [-0.1, -0.05) is 32.0 Å². The number of aromatic nitrogens is 2. The molecule has 0 unspecified atom stereocenters. The Hall–Kier alpha value is -1.84. The SMILES string of the molecule is CCC(CC)n1nc(C(=O)O)c2ccccc21. The second-order valence-corrected chi connectivity index (χ2v) is 4.09. The largest absolute Gasteiger partial charge is 0.476 e. The van der Waals surface area contributed by atoms with E-state index < -0.39 is 5.97 Å². The molecule has 2 aromatic rings. The number of nitrogens with zero attached hydrogens (tertiary/aromatic N) is 2. The Morgan fingerprint density at radius 3 is 2.59 bits per heavy atom. The van der Waals surface area contributed by atoms with E-state index in [9.17, 15) is 4.79 Å². The predicted octanol–water partition coefficient (Wildman–Crippen LogP) is 3.10. The molecule has 0 radical (unpaired) electrons. The van der Waals surface area contributed by atoms with Crippen LogP contribution in [0.3, 0.4) is 0 Å². The lowest BCUT2D eigenvalue weighted by Crippen LogP contribution is -2.09. The van der Waals surface area contributed by atoms with Crippen molar-refractivity contribution in [2.45, 2.75) is 32.7 Å². The normalized spacial score (nSPS) is 11.2. The Kier molecular flexibility index (Phi) is 3.13. The molecular weight excluding hydrogens is 216 g/mol. The van der Waals surface area contributed by atoms with Crippen molar-refractivity contribution < 1.29 is 9.90 Å². The summed E-state index contributed by atoms with van der Waals surface area (Å²) in [6, 6.07) is 7.74. The Morgan fingerprint density at radius 1 is 1.35 bits per heavy atom. The van der Waals surface area contributed by atoms with Crippen molar-refractivity contribution in [1.29, 1.82) is 0 Å². The summed E-state index contributed by atoms with van der Waals surface area (Å²) < 4.78 is 1.85. The molecule has 1 N–H and O–H groups in total. The lowest BCUT2D eigenvalue weighted by molar-refractivity contribution is 0.0691. The van der Waals surface area contributed by atoms with Crippen molar-refractivity contribution >= 4 is 16.9 Å². The first-order chi connectivity index (χ1) is 8.19. The Bertz CT molecular complexity index is 541. The van der Waals surface area contributed by atoms with Gasteiger partial charge in [-0.15, -0.1) is 0 Å². The van der Waals surface area contributed by atoms with E-state index >= 15 is 0 Å². The second-order valence-electron chi connectivity index (χ2n) is 4.09. The molecule has 2 rings (SSSR count). The van der Waals surface area contributed by atoms with Crippen LogP contribution in [-0.2, 0) is 0 Å². The highest BCUT2D eigenvalue weighted by Gasteiger charge is 2.18. The first-order valence-electron chi connectivity index (χ1n) is 5.89. The van der Waals surface area contributed by atoms with E-state index in [1.54, 1.807) is 0 Å². The molecule has 17 heavy (non-hydrogen) atoms. The topological polar surface area (TPSA) is 55.1 Å². The van der Waals surface area contributed by atoms with Crippen LogP contribution in [0, 0.1) is 0 Å². The van der Waals surface area contributed by atoms with Crippen molar-refractivity contribution in [3.8, 4) is 0 Å². The molecule has 4 heteroatoms. The maximum absolute atomic E-state index is 11.2. The number of benzene rings is 1. The van der Waals surface area contributed by atoms with E-state index in [0.29, 0.717) is 5.39 Å². The summed E-state index contributed by atoms with van der Waals surface area (Å²) in [6.45, 7) is 4.18. The molecule has 0 fully saturated rings. The van der Waals surface area contributed by atoms with Gasteiger partial charge in [0.15, 0.2) is 5.69 Å². The Balaban J connectivity index is 2.68. The van der Waals surface area contributed by atoms with Gasteiger partial charge in [0.25, 0.3) is 0 Å². The molecule has 0 aliphatic carbocycles. The summed E-state index contributed by atoms with van der Waals surface area (Å²) in [5, 5.41) is 14.1. The molecule has 0 bridgehead atoms. The maximum Gasteiger partial charge on any atom is 0.357 e. The van der Waals surface area contributed by atoms with E-state index in [0.717, 1.165) is 18.4 Å². The second kappa shape index (κ2) is 4.57. The summed E-state index contributed by atoms with van der Waals surface area (Å²) >= 11 is 0. The van der Waals surface area contributed by atoms with E-state index in [4.69, 9.17) is 5.11 Å². The summed E-state index contributed by atoms with van der Waals surface area (Å²) in [4.78, 5) is 11.2. The van der Waals surface area contributed by atoms with Gasteiger partial charge in [0.2, 0.25) is 0 Å². The highest BCUT2D eigenvalue weighted by molar-refractivity contribution is 6.01. The number of fused-ring (bicyclic) bond motifs is 1. The number of carboxylic acids is 1. The Labute approximate surface area is 99.9 Å². The van der Waals surface area contributed by atoms with E-state index in [2.05, 4.69) is 18.9 Å². The van der Waals surface area contributed by atoms with Gasteiger partial charge in [0.05, 0.1) is 11.6 Å². The smallest absolute Gasteiger partial charge is 0.357 e. The van der Waals surface area contributed by atoms with Gasteiger partial charge in [-0.05, 0) is 18.9 Å². The average molecular weight is 232 g/mol. The van der Waals surface area contributed by atoms with Crippen LogP contribution < -0.4 is 0 Å². The van der Waals surface area contributed by atoms with E-state index in [1.807, 2.05) is 28.9 Å². The number of para-hydroxylation sites is 1. The monoisotopic (exact) mass is 232 g/mol. The van der Waals surface area contributed by atoms with E-state index in [1.165, 1.54) is 0 Å². The minimum Gasteiger partial charge on any atom is -0.476 e. The summed E-state index contributed by atoms with van der Waals surface area (Å²) in [6.07, 6.45) is 1.89. The van der Waals surface area contributed by atoms with Crippen LogP contribution in [0.5, 0.6) is 0 Å². The first-order valence-corrected chi connectivity index (χ1v) is 5.89. The number of carboxylic acid groups (broad SMARTS) is 1. The number of aromatic carboxylic acids is 1. The minimum atomic E-state index is -0.967. The van der Waals surface area contributed by atoms with E-state index in [-0.39, 0.29) is 11.7 Å². The van der Waals surface area contributed by atoms with Crippen LogP contribution >= 0.6 is 0 Å². The first kappa shape index (κ1) is 11.6. The van der Waals surface area contributed by atoms with Gasteiger partial charge in [0, 0.05) is 5.39 Å². The molecule has 1 aromatic heterocycles. The average Bonchev–Trinajstić information content (AvgIpc) is 2.71. The molecule has 90 valence electrons. The number of carbonyl (C=O) groups is 1. The molecule has 0 aliphatic rings. The molecule has 0 amide bonds. The maximum atomic E-state index is 11.2. The lowest BCUT2D eigenvalue weighted by atomic mass is 10.1. The zero-order chi connectivity index (χ0) is 12.4. The highest BCUT2D eigenvalue weighted by Crippen LogP contribution is 2.24. The summed E-state index contributed by atoms with van der Waals surface area (Å²) in [5.41, 5.74) is 1.05. The van der Waals surface area contributed by atoms with Crippen LogP contribution in [-0.4, -0.2) is 20.9 Å². The van der Waals surface area contributed by atoms with Gasteiger partial charge in [0.1, 0.15) is 0 Å². The fourth-order valence-electron chi connectivity index (χ4n) is 2.16. The molecule has 0 atom stereocenters. The van der Waals surface area contributed by atoms with Gasteiger partial charge < -0.3 is 5.11 Å². The standard InChI is InChI=1S/C13H16N2O2/c1-3-9(4-2)15-11-8-6-5-7-10(11)12(14-15)13(16)17/h5-9H,3-4H2,1-2H3,(H,16,17). The molecule has 1 aromatic carbocycles.